The summed E-state index contributed by atoms with van der Waals surface area (Å²) in [7, 11) is 0. The van der Waals surface area contributed by atoms with Crippen LogP contribution in [-0.4, -0.2) is 23.8 Å². The van der Waals surface area contributed by atoms with Crippen molar-refractivity contribution in [1.82, 2.24) is 5.32 Å². The van der Waals surface area contributed by atoms with E-state index in [1.807, 2.05) is 18.2 Å². The number of ketones is 1. The highest BCUT2D eigenvalue weighted by atomic mass is 35.5. The van der Waals surface area contributed by atoms with Crippen LogP contribution in [0.4, 0.5) is 5.69 Å². The zero-order valence-electron chi connectivity index (χ0n) is 17.0. The van der Waals surface area contributed by atoms with Gasteiger partial charge >= 0.3 is 0 Å². The van der Waals surface area contributed by atoms with Gasteiger partial charge in [-0.15, -0.1) is 0 Å². The molecule has 6 rings (SSSR count). The zero-order chi connectivity index (χ0) is 20.7. The summed E-state index contributed by atoms with van der Waals surface area (Å²) in [5.74, 6) is 2.23. The lowest BCUT2D eigenvalue weighted by atomic mass is 9.53. The molecule has 0 aliphatic heterocycles. The van der Waals surface area contributed by atoms with Crippen LogP contribution in [0.3, 0.4) is 0 Å². The van der Waals surface area contributed by atoms with Gasteiger partial charge in [-0.2, -0.15) is 0 Å². The van der Waals surface area contributed by atoms with Crippen molar-refractivity contribution in [3.63, 3.8) is 0 Å². The molecule has 4 saturated carbocycles. The lowest BCUT2D eigenvalue weighted by Crippen LogP contribution is -2.59. The van der Waals surface area contributed by atoms with E-state index in [1.165, 1.54) is 38.5 Å². The maximum absolute atomic E-state index is 13.0. The van der Waals surface area contributed by atoms with Crippen LogP contribution in [0.15, 0.2) is 48.5 Å². The standard InChI is InChI=1S/C25H27ClN2O2/c26-20-6-7-22(21(11-20)24(30)19-4-2-1-3-5-19)28-23(29)15-27-25-12-16-8-17(13-25)10-18(9-16)14-25/h1-7,11,16-18,27H,8-10,12-15H2,(H,28,29). The normalized spacial score (nSPS) is 29.0. The number of halogens is 1. The van der Waals surface area contributed by atoms with Crippen LogP contribution in [0.5, 0.6) is 0 Å². The number of hydrogen-bond donors (Lipinski definition) is 2. The predicted octanol–water partition coefficient (Wildman–Crippen LogP) is 5.07. The minimum atomic E-state index is -0.151. The summed E-state index contributed by atoms with van der Waals surface area (Å²) < 4.78 is 0. The smallest absolute Gasteiger partial charge is 0.238 e. The maximum atomic E-state index is 13.0. The first-order valence-electron chi connectivity index (χ1n) is 10.9. The first kappa shape index (κ1) is 19.8. The highest BCUT2D eigenvalue weighted by Gasteiger charge is 2.50. The number of carbonyl (C=O) groups excluding carboxylic acids is 2. The monoisotopic (exact) mass is 422 g/mol. The summed E-state index contributed by atoms with van der Waals surface area (Å²) in [4.78, 5) is 25.7. The zero-order valence-corrected chi connectivity index (χ0v) is 17.8. The first-order valence-corrected chi connectivity index (χ1v) is 11.3. The molecule has 0 saturated heterocycles. The van der Waals surface area contributed by atoms with Gasteiger partial charge in [-0.3, -0.25) is 9.59 Å². The van der Waals surface area contributed by atoms with Crippen molar-refractivity contribution in [2.75, 3.05) is 11.9 Å². The molecule has 2 aromatic carbocycles. The van der Waals surface area contributed by atoms with E-state index in [4.69, 9.17) is 11.6 Å². The molecule has 0 radical (unpaired) electrons. The molecule has 2 aromatic rings. The molecular weight excluding hydrogens is 396 g/mol. The Hall–Kier alpha value is -2.17. The quantitative estimate of drug-likeness (QED) is 0.639. The van der Waals surface area contributed by atoms with E-state index in [9.17, 15) is 9.59 Å². The topological polar surface area (TPSA) is 58.2 Å². The van der Waals surface area contributed by atoms with E-state index in [-0.39, 0.29) is 23.8 Å². The van der Waals surface area contributed by atoms with E-state index in [0.29, 0.717) is 21.8 Å². The van der Waals surface area contributed by atoms with E-state index >= 15 is 0 Å². The Morgan fingerprint density at radius 3 is 2.20 bits per heavy atom. The summed E-state index contributed by atoms with van der Waals surface area (Å²) >= 11 is 6.15. The summed E-state index contributed by atoms with van der Waals surface area (Å²) in [5, 5.41) is 7.03. The van der Waals surface area contributed by atoms with Gasteiger partial charge in [0.1, 0.15) is 0 Å². The molecule has 30 heavy (non-hydrogen) atoms. The molecule has 0 heterocycles. The van der Waals surface area contributed by atoms with Crippen molar-refractivity contribution in [2.24, 2.45) is 17.8 Å². The molecule has 1 amide bonds. The molecule has 4 fully saturated rings. The van der Waals surface area contributed by atoms with Crippen LogP contribution in [0.2, 0.25) is 5.02 Å². The Bertz CT molecular complexity index is 937. The third-order valence-corrected chi connectivity index (χ3v) is 7.43. The fourth-order valence-corrected chi connectivity index (χ4v) is 6.52. The van der Waals surface area contributed by atoms with E-state index < -0.39 is 0 Å². The first-order chi connectivity index (χ1) is 14.5. The number of hydrogen-bond acceptors (Lipinski definition) is 3. The number of carbonyl (C=O) groups is 2. The summed E-state index contributed by atoms with van der Waals surface area (Å²) in [5.41, 5.74) is 1.62. The van der Waals surface area contributed by atoms with Crippen LogP contribution < -0.4 is 10.6 Å². The van der Waals surface area contributed by atoms with Gasteiger partial charge in [0.25, 0.3) is 0 Å². The molecule has 4 aliphatic rings. The molecule has 156 valence electrons. The molecule has 4 aliphatic carbocycles. The van der Waals surface area contributed by atoms with Gasteiger partial charge in [-0.1, -0.05) is 41.9 Å². The van der Waals surface area contributed by atoms with Crippen molar-refractivity contribution in [3.8, 4) is 0 Å². The van der Waals surface area contributed by atoms with E-state index in [1.54, 1.807) is 30.3 Å². The number of amides is 1. The fraction of sp³-hybridized carbons (Fsp3) is 0.440. The predicted molar refractivity (Wildman–Crippen MR) is 119 cm³/mol. The average molecular weight is 423 g/mol. The van der Waals surface area contributed by atoms with Gasteiger partial charge in [-0.05, 0) is 74.5 Å². The van der Waals surface area contributed by atoms with Crippen molar-refractivity contribution >= 4 is 29.0 Å². The van der Waals surface area contributed by atoms with Crippen LogP contribution in [0.25, 0.3) is 0 Å². The Kier molecular flexibility index (Phi) is 5.16. The average Bonchev–Trinajstić information content (AvgIpc) is 2.73. The number of nitrogens with one attached hydrogen (secondary N) is 2. The molecule has 4 nitrogen and oxygen atoms in total. The molecule has 4 bridgehead atoms. The van der Waals surface area contributed by atoms with Gasteiger partial charge in [0, 0.05) is 21.7 Å². The third kappa shape index (κ3) is 3.91. The second kappa shape index (κ2) is 7.82. The Labute approximate surface area is 182 Å². The van der Waals surface area contributed by atoms with Gasteiger partial charge in [0.15, 0.2) is 5.78 Å². The molecule has 0 atom stereocenters. The highest BCUT2D eigenvalue weighted by Crippen LogP contribution is 2.55. The van der Waals surface area contributed by atoms with Crippen molar-refractivity contribution in [2.45, 2.75) is 44.1 Å². The summed E-state index contributed by atoms with van der Waals surface area (Å²) in [6, 6.07) is 14.1. The van der Waals surface area contributed by atoms with Crippen molar-refractivity contribution < 1.29 is 9.59 Å². The van der Waals surface area contributed by atoms with Gasteiger partial charge in [-0.25, -0.2) is 0 Å². The van der Waals surface area contributed by atoms with Gasteiger partial charge in [0.05, 0.1) is 12.2 Å². The Morgan fingerprint density at radius 2 is 1.57 bits per heavy atom. The van der Waals surface area contributed by atoms with Crippen LogP contribution in [0.1, 0.15) is 54.4 Å². The van der Waals surface area contributed by atoms with Crippen molar-refractivity contribution in [1.29, 1.82) is 0 Å². The Morgan fingerprint density at radius 1 is 0.933 bits per heavy atom. The van der Waals surface area contributed by atoms with E-state index in [2.05, 4.69) is 10.6 Å². The minimum Gasteiger partial charge on any atom is -0.324 e. The SMILES string of the molecule is O=C(CNC12CC3CC(CC(C3)C1)C2)Nc1ccc(Cl)cc1C(=O)c1ccccc1. The lowest BCUT2D eigenvalue weighted by Gasteiger charge is -2.57. The minimum absolute atomic E-state index is 0.116. The van der Waals surface area contributed by atoms with E-state index in [0.717, 1.165) is 17.8 Å². The molecule has 0 spiro atoms. The molecule has 5 heteroatoms. The van der Waals surface area contributed by atoms with Gasteiger partial charge < -0.3 is 10.6 Å². The molecular formula is C25H27ClN2O2. The fourth-order valence-electron chi connectivity index (χ4n) is 6.35. The van der Waals surface area contributed by atoms with Crippen LogP contribution in [-0.2, 0) is 4.79 Å². The number of benzene rings is 2. The third-order valence-electron chi connectivity index (χ3n) is 7.20. The second-order valence-electron chi connectivity index (χ2n) is 9.48. The molecule has 0 aromatic heterocycles. The number of rotatable bonds is 6. The summed E-state index contributed by atoms with van der Waals surface area (Å²) in [6.07, 6.45) is 7.73. The number of anilines is 1. The lowest BCUT2D eigenvalue weighted by molar-refractivity contribution is -0.116. The second-order valence-corrected chi connectivity index (χ2v) is 9.92. The maximum Gasteiger partial charge on any atom is 0.238 e. The van der Waals surface area contributed by atoms with Crippen LogP contribution in [0, 0.1) is 17.8 Å². The van der Waals surface area contributed by atoms with Gasteiger partial charge in [0.2, 0.25) is 5.91 Å². The summed E-state index contributed by atoms with van der Waals surface area (Å²) in [6.45, 7) is 0.272. The highest BCUT2D eigenvalue weighted by molar-refractivity contribution is 6.31. The van der Waals surface area contributed by atoms with Crippen LogP contribution >= 0.6 is 11.6 Å². The molecule has 0 unspecified atom stereocenters. The Balaban J connectivity index is 1.28. The van der Waals surface area contributed by atoms with Crippen molar-refractivity contribution in [3.05, 3.63) is 64.7 Å². The largest absolute Gasteiger partial charge is 0.324 e. The molecule has 2 N–H and O–H groups in total.